The summed E-state index contributed by atoms with van der Waals surface area (Å²) < 4.78 is 5.36. The largest absolute Gasteiger partial charge is 0.468 e. The highest BCUT2D eigenvalue weighted by Gasteiger charge is 2.10. The van der Waals surface area contributed by atoms with Crippen LogP contribution in [0.15, 0.2) is 16.7 Å². The Labute approximate surface area is 104 Å². The Kier molecular flexibility index (Phi) is 6.26. The van der Waals surface area contributed by atoms with Gasteiger partial charge < -0.3 is 15.1 Å². The van der Waals surface area contributed by atoms with E-state index >= 15 is 0 Å². The number of nitrogens with two attached hydrogens (primary N) is 1. The molecule has 0 atom stereocenters. The summed E-state index contributed by atoms with van der Waals surface area (Å²) in [6.07, 6.45) is 2.90. The maximum atomic E-state index is 5.65. The zero-order valence-electron chi connectivity index (χ0n) is 11.3. The second kappa shape index (κ2) is 7.48. The van der Waals surface area contributed by atoms with Gasteiger partial charge in [-0.05, 0) is 33.1 Å². The fourth-order valence-corrected chi connectivity index (χ4v) is 1.86. The number of likely N-dealkylation sites (N-methyl/N-ethyl adjacent to an activating group) is 1. The molecule has 0 saturated heterocycles. The average molecular weight is 239 g/mol. The highest BCUT2D eigenvalue weighted by Crippen LogP contribution is 2.12. The van der Waals surface area contributed by atoms with Gasteiger partial charge in [0.25, 0.3) is 0 Å². The van der Waals surface area contributed by atoms with E-state index in [1.807, 2.05) is 6.07 Å². The number of nitrogens with zero attached hydrogens (tertiary/aromatic N) is 2. The molecule has 1 heterocycles. The van der Waals surface area contributed by atoms with Crippen LogP contribution in [0.4, 0.5) is 0 Å². The summed E-state index contributed by atoms with van der Waals surface area (Å²) in [5, 5.41) is 0. The van der Waals surface area contributed by atoms with Crippen molar-refractivity contribution in [2.75, 3.05) is 33.7 Å². The van der Waals surface area contributed by atoms with Crippen molar-refractivity contribution in [2.45, 2.75) is 26.4 Å². The van der Waals surface area contributed by atoms with Gasteiger partial charge in [0.2, 0.25) is 0 Å². The van der Waals surface area contributed by atoms with Crippen LogP contribution in [0.3, 0.4) is 0 Å². The molecule has 0 bridgehead atoms. The Morgan fingerprint density at radius 1 is 1.24 bits per heavy atom. The third-order valence-corrected chi connectivity index (χ3v) is 2.82. The molecule has 17 heavy (non-hydrogen) atoms. The standard InChI is InChI=1S/C13H25N3O/c1-4-6-16(8-7-15(2)3)11-12-5-9-17-13(12)10-14/h5,9H,4,6-8,10-11,14H2,1-3H3. The highest BCUT2D eigenvalue weighted by atomic mass is 16.3. The lowest BCUT2D eigenvalue weighted by molar-refractivity contribution is 0.232. The summed E-state index contributed by atoms with van der Waals surface area (Å²) in [5.41, 5.74) is 6.87. The summed E-state index contributed by atoms with van der Waals surface area (Å²) in [6.45, 7) is 6.90. The van der Waals surface area contributed by atoms with Crippen LogP contribution in [0, 0.1) is 0 Å². The van der Waals surface area contributed by atoms with Crippen molar-refractivity contribution in [3.63, 3.8) is 0 Å². The van der Waals surface area contributed by atoms with Crippen molar-refractivity contribution in [1.29, 1.82) is 0 Å². The molecule has 0 aliphatic heterocycles. The molecule has 0 fully saturated rings. The van der Waals surface area contributed by atoms with Crippen LogP contribution < -0.4 is 5.73 Å². The monoisotopic (exact) mass is 239 g/mol. The molecular weight excluding hydrogens is 214 g/mol. The van der Waals surface area contributed by atoms with E-state index in [1.165, 1.54) is 12.0 Å². The second-order valence-electron chi connectivity index (χ2n) is 4.65. The van der Waals surface area contributed by atoms with E-state index in [-0.39, 0.29) is 0 Å². The van der Waals surface area contributed by atoms with Crippen LogP contribution in [0.5, 0.6) is 0 Å². The van der Waals surface area contributed by atoms with Crippen LogP contribution in [-0.2, 0) is 13.1 Å². The van der Waals surface area contributed by atoms with E-state index < -0.39 is 0 Å². The number of hydrogen-bond donors (Lipinski definition) is 1. The van der Waals surface area contributed by atoms with Gasteiger partial charge >= 0.3 is 0 Å². The first kappa shape index (κ1) is 14.2. The van der Waals surface area contributed by atoms with Crippen molar-refractivity contribution in [1.82, 2.24) is 9.80 Å². The number of hydrogen-bond acceptors (Lipinski definition) is 4. The molecule has 1 aromatic heterocycles. The predicted molar refractivity (Wildman–Crippen MR) is 70.7 cm³/mol. The van der Waals surface area contributed by atoms with Gasteiger partial charge in [0, 0.05) is 25.2 Å². The van der Waals surface area contributed by atoms with Crippen LogP contribution in [0.2, 0.25) is 0 Å². The molecule has 4 heteroatoms. The third kappa shape index (κ3) is 4.89. The van der Waals surface area contributed by atoms with Crippen molar-refractivity contribution in [2.24, 2.45) is 5.73 Å². The fourth-order valence-electron chi connectivity index (χ4n) is 1.86. The van der Waals surface area contributed by atoms with Gasteiger partial charge in [-0.3, -0.25) is 4.90 Å². The van der Waals surface area contributed by atoms with Gasteiger partial charge in [-0.1, -0.05) is 6.92 Å². The Morgan fingerprint density at radius 3 is 2.59 bits per heavy atom. The Balaban J connectivity index is 2.53. The van der Waals surface area contributed by atoms with E-state index in [1.54, 1.807) is 6.26 Å². The first-order chi connectivity index (χ1) is 8.17. The van der Waals surface area contributed by atoms with Gasteiger partial charge in [0.1, 0.15) is 5.76 Å². The van der Waals surface area contributed by atoms with E-state index in [0.29, 0.717) is 6.54 Å². The average Bonchev–Trinajstić information content (AvgIpc) is 2.73. The molecule has 2 N–H and O–H groups in total. The van der Waals surface area contributed by atoms with Crippen LogP contribution in [0.1, 0.15) is 24.7 Å². The van der Waals surface area contributed by atoms with Crippen LogP contribution in [0.25, 0.3) is 0 Å². The van der Waals surface area contributed by atoms with Gasteiger partial charge in [-0.2, -0.15) is 0 Å². The molecule has 1 aromatic rings. The molecule has 0 saturated carbocycles. The minimum Gasteiger partial charge on any atom is -0.468 e. The lowest BCUT2D eigenvalue weighted by Gasteiger charge is -2.23. The van der Waals surface area contributed by atoms with Gasteiger partial charge in [0.15, 0.2) is 0 Å². The van der Waals surface area contributed by atoms with Gasteiger partial charge in [-0.15, -0.1) is 0 Å². The minimum atomic E-state index is 0.482. The summed E-state index contributed by atoms with van der Waals surface area (Å²) in [4.78, 5) is 4.66. The third-order valence-electron chi connectivity index (χ3n) is 2.82. The molecule has 4 nitrogen and oxygen atoms in total. The van der Waals surface area contributed by atoms with E-state index in [4.69, 9.17) is 10.2 Å². The summed E-state index contributed by atoms with van der Waals surface area (Å²) in [6, 6.07) is 2.03. The molecule has 0 radical (unpaired) electrons. The molecule has 0 unspecified atom stereocenters. The fraction of sp³-hybridized carbons (Fsp3) is 0.692. The zero-order valence-corrected chi connectivity index (χ0v) is 11.3. The molecule has 0 aliphatic carbocycles. The Hall–Kier alpha value is -0.840. The first-order valence-corrected chi connectivity index (χ1v) is 6.29. The summed E-state index contributed by atoms with van der Waals surface area (Å²) in [5.74, 6) is 0.913. The van der Waals surface area contributed by atoms with Crippen LogP contribution in [-0.4, -0.2) is 43.5 Å². The SMILES string of the molecule is CCCN(CCN(C)C)Cc1ccoc1CN. The lowest BCUT2D eigenvalue weighted by Crippen LogP contribution is -2.32. The van der Waals surface area contributed by atoms with E-state index in [9.17, 15) is 0 Å². The number of furan rings is 1. The second-order valence-corrected chi connectivity index (χ2v) is 4.65. The quantitative estimate of drug-likeness (QED) is 0.747. The molecule has 0 aromatic carbocycles. The molecular formula is C13H25N3O. The van der Waals surface area contributed by atoms with Crippen molar-refractivity contribution >= 4 is 0 Å². The normalized spacial score (nSPS) is 11.6. The maximum absolute atomic E-state index is 5.65. The van der Waals surface area contributed by atoms with Gasteiger partial charge in [-0.25, -0.2) is 0 Å². The molecule has 98 valence electrons. The Bertz CT molecular complexity index is 309. The summed E-state index contributed by atoms with van der Waals surface area (Å²) in [7, 11) is 4.21. The first-order valence-electron chi connectivity index (χ1n) is 6.29. The molecule has 0 amide bonds. The highest BCUT2D eigenvalue weighted by molar-refractivity contribution is 5.16. The van der Waals surface area contributed by atoms with E-state index in [0.717, 1.165) is 31.9 Å². The predicted octanol–water partition coefficient (Wildman–Crippen LogP) is 1.51. The summed E-state index contributed by atoms with van der Waals surface area (Å²) >= 11 is 0. The van der Waals surface area contributed by atoms with Crippen LogP contribution >= 0.6 is 0 Å². The molecule has 1 rings (SSSR count). The molecule has 0 spiro atoms. The smallest absolute Gasteiger partial charge is 0.121 e. The molecule has 0 aliphatic rings. The van der Waals surface area contributed by atoms with Gasteiger partial charge in [0.05, 0.1) is 12.8 Å². The van der Waals surface area contributed by atoms with Crippen molar-refractivity contribution in [3.05, 3.63) is 23.7 Å². The van der Waals surface area contributed by atoms with Crippen molar-refractivity contribution in [3.8, 4) is 0 Å². The zero-order chi connectivity index (χ0) is 12.7. The maximum Gasteiger partial charge on any atom is 0.121 e. The minimum absolute atomic E-state index is 0.482. The topological polar surface area (TPSA) is 45.6 Å². The number of rotatable bonds is 8. The Morgan fingerprint density at radius 2 is 2.00 bits per heavy atom. The lowest BCUT2D eigenvalue weighted by atomic mass is 10.2. The van der Waals surface area contributed by atoms with Crippen molar-refractivity contribution < 1.29 is 4.42 Å². The van der Waals surface area contributed by atoms with E-state index in [2.05, 4.69) is 30.8 Å².